The van der Waals surface area contributed by atoms with Crippen LogP contribution in [-0.2, 0) is 0 Å². The number of rotatable bonds is 5. The molecule has 0 spiro atoms. The van der Waals surface area contributed by atoms with Crippen molar-refractivity contribution in [3.63, 3.8) is 0 Å². The molecule has 2 aromatic carbocycles. The van der Waals surface area contributed by atoms with Crippen LogP contribution in [0.1, 0.15) is 10.4 Å². The Labute approximate surface area is 136 Å². The van der Waals surface area contributed by atoms with E-state index in [0.29, 0.717) is 30.2 Å². The van der Waals surface area contributed by atoms with Crippen LogP contribution in [0.25, 0.3) is 0 Å². The van der Waals surface area contributed by atoms with Crippen LogP contribution in [0.5, 0.6) is 17.2 Å². The van der Waals surface area contributed by atoms with E-state index in [-0.39, 0.29) is 12.7 Å². The van der Waals surface area contributed by atoms with Crippen molar-refractivity contribution in [3.8, 4) is 17.2 Å². The predicted octanol–water partition coefficient (Wildman–Crippen LogP) is 2.99. The molecule has 1 aliphatic rings. The van der Waals surface area contributed by atoms with Crippen molar-refractivity contribution in [2.24, 2.45) is 0 Å². The van der Waals surface area contributed by atoms with Crippen LogP contribution < -0.4 is 19.5 Å². The molecule has 0 saturated carbocycles. The van der Waals surface area contributed by atoms with Gasteiger partial charge in [-0.25, -0.2) is 0 Å². The summed E-state index contributed by atoms with van der Waals surface area (Å²) in [5, 5.41) is 2.80. The van der Waals surface area contributed by atoms with Crippen molar-refractivity contribution in [3.05, 3.63) is 52.5 Å². The van der Waals surface area contributed by atoms with Crippen molar-refractivity contribution in [2.75, 3.05) is 19.9 Å². The highest BCUT2D eigenvalue weighted by atomic mass is 79.9. The summed E-state index contributed by atoms with van der Waals surface area (Å²) in [6, 6.07) is 12.8. The zero-order valence-corrected chi connectivity index (χ0v) is 13.3. The number of nitrogens with one attached hydrogen (secondary N) is 1. The zero-order valence-electron chi connectivity index (χ0n) is 11.7. The summed E-state index contributed by atoms with van der Waals surface area (Å²) in [6.45, 7) is 0.927. The van der Waals surface area contributed by atoms with Gasteiger partial charge in [-0.2, -0.15) is 0 Å². The van der Waals surface area contributed by atoms with E-state index in [1.54, 1.807) is 18.2 Å². The lowest BCUT2D eigenvalue weighted by Gasteiger charge is -2.09. The van der Waals surface area contributed by atoms with Gasteiger partial charge in [-0.15, -0.1) is 0 Å². The van der Waals surface area contributed by atoms with Gasteiger partial charge < -0.3 is 19.5 Å². The second-order valence-electron chi connectivity index (χ2n) is 4.60. The van der Waals surface area contributed by atoms with Crippen LogP contribution in [0, 0.1) is 0 Å². The maximum atomic E-state index is 12.2. The maximum absolute atomic E-state index is 12.2. The molecule has 0 fully saturated rings. The summed E-state index contributed by atoms with van der Waals surface area (Å²) in [5.74, 6) is 1.63. The molecular formula is C16H14BrNO4. The van der Waals surface area contributed by atoms with E-state index in [1.807, 2.05) is 24.3 Å². The highest BCUT2D eigenvalue weighted by Gasteiger charge is 2.21. The fraction of sp³-hybridized carbons (Fsp3) is 0.188. The Morgan fingerprint density at radius 1 is 1.23 bits per heavy atom. The molecule has 0 bridgehead atoms. The number of amides is 1. The van der Waals surface area contributed by atoms with Crippen LogP contribution in [-0.4, -0.2) is 25.9 Å². The predicted molar refractivity (Wildman–Crippen MR) is 84.5 cm³/mol. The van der Waals surface area contributed by atoms with Gasteiger partial charge in [0.05, 0.1) is 12.1 Å². The molecule has 0 radical (unpaired) electrons. The largest absolute Gasteiger partial charge is 0.492 e. The van der Waals surface area contributed by atoms with Gasteiger partial charge in [0.25, 0.3) is 5.91 Å². The first-order valence-corrected chi connectivity index (χ1v) is 7.58. The number of carbonyl (C=O) groups is 1. The zero-order chi connectivity index (χ0) is 15.4. The number of benzene rings is 2. The molecule has 0 aromatic heterocycles. The van der Waals surface area contributed by atoms with Gasteiger partial charge in [0, 0.05) is 4.47 Å². The number of carbonyl (C=O) groups excluding carboxylic acids is 1. The molecule has 22 heavy (non-hydrogen) atoms. The fourth-order valence-corrected chi connectivity index (χ4v) is 2.47. The van der Waals surface area contributed by atoms with Gasteiger partial charge in [-0.3, -0.25) is 4.79 Å². The number of halogens is 1. The first-order chi connectivity index (χ1) is 10.7. The Balaban J connectivity index is 1.52. The summed E-state index contributed by atoms with van der Waals surface area (Å²) in [7, 11) is 0. The number of ether oxygens (including phenoxy) is 3. The Morgan fingerprint density at radius 2 is 2.09 bits per heavy atom. The van der Waals surface area contributed by atoms with E-state index >= 15 is 0 Å². The molecule has 0 aliphatic carbocycles. The Kier molecular flexibility index (Phi) is 4.48. The normalized spacial score (nSPS) is 12.0. The second-order valence-corrected chi connectivity index (χ2v) is 5.52. The van der Waals surface area contributed by atoms with E-state index in [1.165, 1.54) is 0 Å². The quantitative estimate of drug-likeness (QED) is 0.829. The van der Waals surface area contributed by atoms with E-state index in [0.717, 1.165) is 10.2 Å². The van der Waals surface area contributed by atoms with Crippen LogP contribution in [0.4, 0.5) is 0 Å². The van der Waals surface area contributed by atoms with Crippen molar-refractivity contribution in [2.45, 2.75) is 0 Å². The third kappa shape index (κ3) is 3.33. The first-order valence-electron chi connectivity index (χ1n) is 6.79. The molecule has 1 aliphatic heterocycles. The van der Waals surface area contributed by atoms with Crippen molar-refractivity contribution in [1.82, 2.24) is 5.32 Å². The molecule has 5 nitrogen and oxygen atoms in total. The molecular weight excluding hydrogens is 350 g/mol. The minimum atomic E-state index is -0.208. The molecule has 1 amide bonds. The number of hydrogen-bond acceptors (Lipinski definition) is 4. The summed E-state index contributed by atoms with van der Waals surface area (Å²) in [5.41, 5.74) is 0.470. The fourth-order valence-electron chi connectivity index (χ4n) is 2.09. The molecule has 0 atom stereocenters. The van der Waals surface area contributed by atoms with E-state index in [9.17, 15) is 4.79 Å². The van der Waals surface area contributed by atoms with E-state index < -0.39 is 0 Å². The van der Waals surface area contributed by atoms with Gasteiger partial charge >= 0.3 is 0 Å². The van der Waals surface area contributed by atoms with Crippen LogP contribution in [0.2, 0.25) is 0 Å². The second kappa shape index (κ2) is 6.70. The molecule has 1 heterocycles. The number of para-hydroxylation sites is 1. The van der Waals surface area contributed by atoms with Gasteiger partial charge in [0.1, 0.15) is 12.4 Å². The van der Waals surface area contributed by atoms with Gasteiger partial charge in [-0.05, 0) is 30.3 Å². The van der Waals surface area contributed by atoms with Gasteiger partial charge in [-0.1, -0.05) is 28.1 Å². The Bertz CT molecular complexity index is 690. The SMILES string of the molecule is O=C(NCCOc1cccc(Br)c1)c1cccc2c1OCO2. The average molecular weight is 364 g/mol. The molecule has 0 saturated heterocycles. The topological polar surface area (TPSA) is 56.8 Å². The Morgan fingerprint density at radius 3 is 2.95 bits per heavy atom. The van der Waals surface area contributed by atoms with Crippen LogP contribution >= 0.6 is 15.9 Å². The average Bonchev–Trinajstić information content (AvgIpc) is 3.00. The lowest BCUT2D eigenvalue weighted by atomic mass is 10.1. The molecule has 114 valence electrons. The molecule has 1 N–H and O–H groups in total. The lowest BCUT2D eigenvalue weighted by molar-refractivity contribution is 0.0942. The third-order valence-corrected chi connectivity index (χ3v) is 3.59. The number of hydrogen-bond donors (Lipinski definition) is 1. The number of fused-ring (bicyclic) bond motifs is 1. The van der Waals surface area contributed by atoms with Crippen LogP contribution in [0.15, 0.2) is 46.9 Å². The Hall–Kier alpha value is -2.21. The van der Waals surface area contributed by atoms with Crippen molar-refractivity contribution < 1.29 is 19.0 Å². The van der Waals surface area contributed by atoms with E-state index in [4.69, 9.17) is 14.2 Å². The summed E-state index contributed by atoms with van der Waals surface area (Å²) in [4.78, 5) is 12.2. The maximum Gasteiger partial charge on any atom is 0.255 e. The van der Waals surface area contributed by atoms with Gasteiger partial charge in [0.15, 0.2) is 11.5 Å². The van der Waals surface area contributed by atoms with Crippen molar-refractivity contribution in [1.29, 1.82) is 0 Å². The first kappa shape index (κ1) is 14.7. The van der Waals surface area contributed by atoms with Crippen molar-refractivity contribution >= 4 is 21.8 Å². The summed E-state index contributed by atoms with van der Waals surface area (Å²) in [6.07, 6.45) is 0. The third-order valence-electron chi connectivity index (χ3n) is 3.09. The minimum absolute atomic E-state index is 0.144. The highest BCUT2D eigenvalue weighted by Crippen LogP contribution is 2.35. The molecule has 2 aromatic rings. The smallest absolute Gasteiger partial charge is 0.255 e. The van der Waals surface area contributed by atoms with E-state index in [2.05, 4.69) is 21.2 Å². The minimum Gasteiger partial charge on any atom is -0.492 e. The lowest BCUT2D eigenvalue weighted by Crippen LogP contribution is -2.28. The van der Waals surface area contributed by atoms with Crippen LogP contribution in [0.3, 0.4) is 0 Å². The summed E-state index contributed by atoms with van der Waals surface area (Å²) < 4.78 is 17.1. The van der Waals surface area contributed by atoms with Gasteiger partial charge in [0.2, 0.25) is 6.79 Å². The molecule has 6 heteroatoms. The highest BCUT2D eigenvalue weighted by molar-refractivity contribution is 9.10. The summed E-state index contributed by atoms with van der Waals surface area (Å²) >= 11 is 3.38. The standard InChI is InChI=1S/C16H14BrNO4/c17-11-3-1-4-12(9-11)20-8-7-18-16(19)13-5-2-6-14-15(13)22-10-21-14/h1-6,9H,7-8,10H2,(H,18,19). The monoisotopic (exact) mass is 363 g/mol. The molecule has 3 rings (SSSR count). The molecule has 0 unspecified atom stereocenters.